The number of carbonyl (C=O) groups excluding carboxylic acids is 2. The topological polar surface area (TPSA) is 89.4 Å². The Bertz CT molecular complexity index is 658. The standard InChI is InChI=1S/C17H29N5O3/c1-11(2)18-14(23)13-20-19-12-10-17(6,7)22(9-8-21(12)13)15(24)25-16(3,4)5/h11H,8-10H2,1-7H3,(H,18,23). The quantitative estimate of drug-likeness (QED) is 0.880. The summed E-state index contributed by atoms with van der Waals surface area (Å²) in [6.45, 7) is 14.1. The van der Waals surface area contributed by atoms with Crippen LogP contribution in [-0.2, 0) is 17.7 Å². The molecule has 0 spiro atoms. The van der Waals surface area contributed by atoms with Gasteiger partial charge in [-0.05, 0) is 48.5 Å². The van der Waals surface area contributed by atoms with Crippen molar-refractivity contribution in [1.29, 1.82) is 0 Å². The van der Waals surface area contributed by atoms with Crippen molar-refractivity contribution in [3.8, 4) is 0 Å². The van der Waals surface area contributed by atoms with Crippen molar-refractivity contribution in [2.24, 2.45) is 0 Å². The SMILES string of the molecule is CC(C)NC(=O)c1nnc2n1CCN(C(=O)OC(C)(C)C)C(C)(C)C2. The molecule has 1 aliphatic rings. The fourth-order valence-electron chi connectivity index (χ4n) is 2.84. The van der Waals surface area contributed by atoms with Gasteiger partial charge >= 0.3 is 6.09 Å². The van der Waals surface area contributed by atoms with Gasteiger partial charge in [-0.1, -0.05) is 0 Å². The van der Waals surface area contributed by atoms with Crippen LogP contribution in [0.4, 0.5) is 4.79 Å². The zero-order chi connectivity index (χ0) is 19.0. The van der Waals surface area contributed by atoms with Crippen LogP contribution in [0.1, 0.15) is 64.9 Å². The fourth-order valence-corrected chi connectivity index (χ4v) is 2.84. The van der Waals surface area contributed by atoms with E-state index in [4.69, 9.17) is 4.74 Å². The Hall–Kier alpha value is -2.12. The first-order valence-corrected chi connectivity index (χ1v) is 8.64. The van der Waals surface area contributed by atoms with Crippen molar-refractivity contribution in [2.75, 3.05) is 6.54 Å². The fraction of sp³-hybridized carbons (Fsp3) is 0.765. The summed E-state index contributed by atoms with van der Waals surface area (Å²) in [5.74, 6) is 0.729. The molecular weight excluding hydrogens is 322 g/mol. The van der Waals surface area contributed by atoms with Gasteiger partial charge in [-0.3, -0.25) is 4.79 Å². The molecular formula is C17H29N5O3. The van der Waals surface area contributed by atoms with Crippen molar-refractivity contribution in [3.63, 3.8) is 0 Å². The summed E-state index contributed by atoms with van der Waals surface area (Å²) in [7, 11) is 0. The predicted octanol–water partition coefficient (Wildman–Crippen LogP) is 1.99. The molecule has 0 saturated heterocycles. The van der Waals surface area contributed by atoms with E-state index >= 15 is 0 Å². The molecule has 1 N–H and O–H groups in total. The Morgan fingerprint density at radius 1 is 1.20 bits per heavy atom. The van der Waals surface area contributed by atoms with Gasteiger partial charge < -0.3 is 19.5 Å². The van der Waals surface area contributed by atoms with E-state index in [0.29, 0.717) is 25.3 Å². The van der Waals surface area contributed by atoms with Crippen LogP contribution in [0.2, 0.25) is 0 Å². The lowest BCUT2D eigenvalue weighted by Gasteiger charge is -2.37. The third-order valence-corrected chi connectivity index (χ3v) is 3.93. The lowest BCUT2D eigenvalue weighted by atomic mass is 9.98. The van der Waals surface area contributed by atoms with Crippen LogP contribution >= 0.6 is 0 Å². The van der Waals surface area contributed by atoms with Crippen molar-refractivity contribution >= 4 is 12.0 Å². The molecule has 1 aromatic rings. The lowest BCUT2D eigenvalue weighted by molar-refractivity contribution is 0.00408. The van der Waals surface area contributed by atoms with Gasteiger partial charge in [0.15, 0.2) is 0 Å². The number of amides is 2. The molecule has 8 heteroatoms. The molecule has 0 aromatic carbocycles. The Morgan fingerprint density at radius 3 is 2.40 bits per heavy atom. The number of hydrogen-bond acceptors (Lipinski definition) is 5. The van der Waals surface area contributed by atoms with Gasteiger partial charge in [-0.2, -0.15) is 0 Å². The number of nitrogens with one attached hydrogen (secondary N) is 1. The van der Waals surface area contributed by atoms with Crippen molar-refractivity contribution < 1.29 is 14.3 Å². The van der Waals surface area contributed by atoms with Crippen LogP contribution in [0, 0.1) is 0 Å². The minimum Gasteiger partial charge on any atom is -0.444 e. The molecule has 1 aromatic heterocycles. The molecule has 0 fully saturated rings. The molecule has 2 amide bonds. The maximum atomic E-state index is 12.6. The smallest absolute Gasteiger partial charge is 0.410 e. The van der Waals surface area contributed by atoms with Gasteiger partial charge in [0.25, 0.3) is 5.91 Å². The number of fused-ring (bicyclic) bond motifs is 1. The van der Waals surface area contributed by atoms with E-state index in [1.54, 1.807) is 9.47 Å². The number of carbonyl (C=O) groups is 2. The van der Waals surface area contributed by atoms with Gasteiger partial charge in [-0.15, -0.1) is 10.2 Å². The lowest BCUT2D eigenvalue weighted by Crippen LogP contribution is -2.50. The molecule has 0 unspecified atom stereocenters. The highest BCUT2D eigenvalue weighted by atomic mass is 16.6. The third-order valence-electron chi connectivity index (χ3n) is 3.93. The van der Waals surface area contributed by atoms with Crippen molar-refractivity contribution in [1.82, 2.24) is 25.0 Å². The van der Waals surface area contributed by atoms with Crippen LogP contribution in [0.5, 0.6) is 0 Å². The minimum absolute atomic E-state index is 0.0148. The van der Waals surface area contributed by atoms with Gasteiger partial charge in [0.05, 0.1) is 0 Å². The van der Waals surface area contributed by atoms with E-state index in [1.807, 2.05) is 48.5 Å². The first-order valence-electron chi connectivity index (χ1n) is 8.64. The van der Waals surface area contributed by atoms with E-state index in [1.165, 1.54) is 0 Å². The average molecular weight is 351 g/mol. The largest absolute Gasteiger partial charge is 0.444 e. The summed E-state index contributed by atoms with van der Waals surface area (Å²) >= 11 is 0. The van der Waals surface area contributed by atoms with E-state index in [0.717, 1.165) is 0 Å². The molecule has 2 heterocycles. The third kappa shape index (κ3) is 4.49. The molecule has 25 heavy (non-hydrogen) atoms. The second kappa shape index (κ2) is 6.65. The number of ether oxygens (including phenoxy) is 1. The second-order valence-corrected chi connectivity index (χ2v) is 8.34. The Balaban J connectivity index is 2.25. The Kier molecular flexibility index (Phi) is 5.11. The van der Waals surface area contributed by atoms with E-state index in [9.17, 15) is 9.59 Å². The van der Waals surface area contributed by atoms with Crippen LogP contribution < -0.4 is 5.32 Å². The highest BCUT2D eigenvalue weighted by molar-refractivity contribution is 5.90. The summed E-state index contributed by atoms with van der Waals surface area (Å²) < 4.78 is 7.33. The van der Waals surface area contributed by atoms with E-state index < -0.39 is 11.1 Å². The monoisotopic (exact) mass is 351 g/mol. The minimum atomic E-state index is -0.559. The first kappa shape index (κ1) is 19.2. The number of hydrogen-bond donors (Lipinski definition) is 1. The van der Waals surface area contributed by atoms with E-state index in [2.05, 4.69) is 15.5 Å². The second-order valence-electron chi connectivity index (χ2n) is 8.34. The van der Waals surface area contributed by atoms with Crippen LogP contribution in [0.25, 0.3) is 0 Å². The maximum Gasteiger partial charge on any atom is 0.410 e. The molecule has 1 aliphatic heterocycles. The first-order chi connectivity index (χ1) is 11.4. The molecule has 0 aliphatic carbocycles. The Morgan fingerprint density at radius 2 is 1.84 bits per heavy atom. The van der Waals surface area contributed by atoms with Gasteiger partial charge in [-0.25, -0.2) is 4.79 Å². The zero-order valence-corrected chi connectivity index (χ0v) is 16.2. The van der Waals surface area contributed by atoms with Crippen LogP contribution in [-0.4, -0.2) is 55.4 Å². The van der Waals surface area contributed by atoms with Gasteiger partial charge in [0.1, 0.15) is 11.4 Å². The van der Waals surface area contributed by atoms with Gasteiger partial charge in [0, 0.05) is 31.1 Å². The maximum absolute atomic E-state index is 12.6. The Labute approximate surface area is 148 Å². The molecule has 0 atom stereocenters. The molecule has 8 nitrogen and oxygen atoms in total. The predicted molar refractivity (Wildman–Crippen MR) is 93.3 cm³/mol. The molecule has 0 radical (unpaired) electrons. The summed E-state index contributed by atoms with van der Waals surface area (Å²) in [5.41, 5.74) is -1.05. The highest BCUT2D eigenvalue weighted by Crippen LogP contribution is 2.26. The van der Waals surface area contributed by atoms with Crippen molar-refractivity contribution in [2.45, 2.75) is 78.6 Å². The number of rotatable bonds is 2. The molecule has 140 valence electrons. The summed E-state index contributed by atoms with van der Waals surface area (Å²) in [6.07, 6.45) is 0.137. The number of nitrogens with zero attached hydrogens (tertiary/aromatic N) is 4. The van der Waals surface area contributed by atoms with Gasteiger partial charge in [0.2, 0.25) is 5.82 Å². The van der Waals surface area contributed by atoms with Crippen LogP contribution in [0.15, 0.2) is 0 Å². The molecule has 2 rings (SSSR count). The summed E-state index contributed by atoms with van der Waals surface area (Å²) in [6, 6.07) is 0.0148. The summed E-state index contributed by atoms with van der Waals surface area (Å²) in [4.78, 5) is 26.6. The molecule has 0 saturated carbocycles. The number of aromatic nitrogens is 3. The average Bonchev–Trinajstić information content (AvgIpc) is 2.72. The van der Waals surface area contributed by atoms with E-state index in [-0.39, 0.29) is 23.9 Å². The zero-order valence-electron chi connectivity index (χ0n) is 16.2. The van der Waals surface area contributed by atoms with Crippen molar-refractivity contribution in [3.05, 3.63) is 11.6 Å². The summed E-state index contributed by atoms with van der Waals surface area (Å²) in [5, 5.41) is 11.1. The highest BCUT2D eigenvalue weighted by Gasteiger charge is 2.38. The van der Waals surface area contributed by atoms with Crippen LogP contribution in [0.3, 0.4) is 0 Å². The molecule has 0 bridgehead atoms. The normalized spacial score (nSPS) is 17.0.